The second kappa shape index (κ2) is 6.88. The topological polar surface area (TPSA) is 39.7 Å². The van der Waals surface area contributed by atoms with Gasteiger partial charge < -0.3 is 19.5 Å². The van der Waals surface area contributed by atoms with Gasteiger partial charge in [0.1, 0.15) is 17.1 Å². The molecular weight excluding hydrogens is 278 g/mol. The van der Waals surface area contributed by atoms with Gasteiger partial charge in [-0.25, -0.2) is 0 Å². The number of hydrogen-bond acceptors (Lipinski definition) is 4. The zero-order chi connectivity index (χ0) is 15.4. The Bertz CT molecular complexity index is 497. The zero-order valence-corrected chi connectivity index (χ0v) is 13.7. The number of ether oxygens (including phenoxy) is 3. The number of hydrogen-bond donors (Lipinski definition) is 1. The predicted molar refractivity (Wildman–Crippen MR) is 86.7 cm³/mol. The SMILES string of the molecule is CCCCOc1cccc2c1C(OCC)CC1(CCNC1)O2. The number of benzene rings is 1. The third-order valence-corrected chi connectivity index (χ3v) is 4.56. The van der Waals surface area contributed by atoms with E-state index < -0.39 is 0 Å². The van der Waals surface area contributed by atoms with Gasteiger partial charge in [-0.2, -0.15) is 0 Å². The molecule has 1 aromatic carbocycles. The maximum atomic E-state index is 6.38. The molecule has 2 atom stereocenters. The van der Waals surface area contributed by atoms with E-state index in [1.54, 1.807) is 0 Å². The second-order valence-electron chi connectivity index (χ2n) is 6.23. The highest BCUT2D eigenvalue weighted by Gasteiger charge is 2.44. The average molecular weight is 305 g/mol. The predicted octanol–water partition coefficient (Wildman–Crippen LogP) is 3.46. The van der Waals surface area contributed by atoms with E-state index in [0.29, 0.717) is 6.61 Å². The van der Waals surface area contributed by atoms with Gasteiger partial charge in [0.2, 0.25) is 0 Å². The molecule has 122 valence electrons. The molecule has 1 aromatic rings. The van der Waals surface area contributed by atoms with Crippen molar-refractivity contribution in [2.75, 3.05) is 26.3 Å². The number of fused-ring (bicyclic) bond motifs is 1. The van der Waals surface area contributed by atoms with Gasteiger partial charge in [-0.1, -0.05) is 19.4 Å². The Hall–Kier alpha value is -1.26. The third-order valence-electron chi connectivity index (χ3n) is 4.56. The first-order valence-corrected chi connectivity index (χ1v) is 8.55. The minimum absolute atomic E-state index is 0.0616. The van der Waals surface area contributed by atoms with Crippen LogP contribution in [-0.2, 0) is 4.74 Å². The van der Waals surface area contributed by atoms with E-state index in [2.05, 4.69) is 19.2 Å². The average Bonchev–Trinajstić information content (AvgIpc) is 2.95. The van der Waals surface area contributed by atoms with E-state index in [4.69, 9.17) is 14.2 Å². The van der Waals surface area contributed by atoms with Crippen molar-refractivity contribution in [3.63, 3.8) is 0 Å². The summed E-state index contributed by atoms with van der Waals surface area (Å²) in [4.78, 5) is 0. The van der Waals surface area contributed by atoms with Gasteiger partial charge in [0.15, 0.2) is 0 Å². The number of unbranched alkanes of at least 4 members (excludes halogenated alkanes) is 1. The normalized spacial score (nSPS) is 26.7. The molecule has 0 bridgehead atoms. The number of rotatable bonds is 6. The number of nitrogens with one attached hydrogen (secondary N) is 1. The van der Waals surface area contributed by atoms with Crippen LogP contribution in [0.3, 0.4) is 0 Å². The lowest BCUT2D eigenvalue weighted by Crippen LogP contribution is -2.43. The van der Waals surface area contributed by atoms with Crippen LogP contribution in [-0.4, -0.2) is 31.9 Å². The lowest BCUT2D eigenvalue weighted by atomic mass is 9.87. The Labute approximate surface area is 133 Å². The molecule has 22 heavy (non-hydrogen) atoms. The van der Waals surface area contributed by atoms with Crippen molar-refractivity contribution in [1.82, 2.24) is 5.32 Å². The van der Waals surface area contributed by atoms with Crippen LogP contribution in [0.1, 0.15) is 51.2 Å². The summed E-state index contributed by atoms with van der Waals surface area (Å²) >= 11 is 0. The maximum Gasteiger partial charge on any atom is 0.129 e. The molecule has 3 rings (SSSR count). The van der Waals surface area contributed by atoms with Crippen LogP contribution in [0.4, 0.5) is 0 Å². The molecule has 0 saturated carbocycles. The van der Waals surface area contributed by atoms with Gasteiger partial charge in [-0.15, -0.1) is 0 Å². The maximum absolute atomic E-state index is 6.38. The third kappa shape index (κ3) is 3.08. The van der Waals surface area contributed by atoms with Crippen molar-refractivity contribution in [3.05, 3.63) is 23.8 Å². The van der Waals surface area contributed by atoms with Gasteiger partial charge in [-0.05, 0) is 32.0 Å². The summed E-state index contributed by atoms with van der Waals surface area (Å²) in [5.74, 6) is 1.85. The van der Waals surface area contributed by atoms with Crippen LogP contribution in [0, 0.1) is 0 Å². The molecule has 0 amide bonds. The van der Waals surface area contributed by atoms with Crippen LogP contribution in [0.5, 0.6) is 11.5 Å². The van der Waals surface area contributed by atoms with Gasteiger partial charge in [0.05, 0.1) is 18.3 Å². The van der Waals surface area contributed by atoms with Gasteiger partial charge in [0, 0.05) is 26.0 Å². The summed E-state index contributed by atoms with van der Waals surface area (Å²) in [5, 5.41) is 3.42. The highest BCUT2D eigenvalue weighted by molar-refractivity contribution is 5.48. The summed E-state index contributed by atoms with van der Waals surface area (Å²) in [5.41, 5.74) is 0.979. The lowest BCUT2D eigenvalue weighted by Gasteiger charge is -2.39. The summed E-state index contributed by atoms with van der Waals surface area (Å²) < 4.78 is 18.4. The molecule has 4 nitrogen and oxygen atoms in total. The first-order valence-electron chi connectivity index (χ1n) is 8.55. The molecule has 1 N–H and O–H groups in total. The minimum atomic E-state index is -0.116. The molecule has 1 spiro atoms. The first kappa shape index (κ1) is 15.6. The second-order valence-corrected chi connectivity index (χ2v) is 6.23. The molecule has 1 saturated heterocycles. The van der Waals surface area contributed by atoms with Crippen molar-refractivity contribution in [1.29, 1.82) is 0 Å². The van der Waals surface area contributed by atoms with Gasteiger partial charge in [0.25, 0.3) is 0 Å². The zero-order valence-electron chi connectivity index (χ0n) is 13.7. The highest BCUT2D eigenvalue weighted by atomic mass is 16.5. The van der Waals surface area contributed by atoms with Crippen LogP contribution < -0.4 is 14.8 Å². The van der Waals surface area contributed by atoms with Crippen molar-refractivity contribution in [2.45, 2.75) is 51.2 Å². The Morgan fingerprint density at radius 3 is 3.00 bits per heavy atom. The Balaban J connectivity index is 1.88. The smallest absolute Gasteiger partial charge is 0.129 e. The van der Waals surface area contributed by atoms with Crippen LogP contribution in [0.25, 0.3) is 0 Å². The van der Waals surface area contributed by atoms with E-state index in [1.165, 1.54) is 0 Å². The van der Waals surface area contributed by atoms with Crippen molar-refractivity contribution in [3.8, 4) is 11.5 Å². The van der Waals surface area contributed by atoms with Crippen LogP contribution in [0.15, 0.2) is 18.2 Å². The molecule has 0 aliphatic carbocycles. The van der Waals surface area contributed by atoms with E-state index >= 15 is 0 Å². The molecule has 2 aliphatic rings. The van der Waals surface area contributed by atoms with E-state index in [1.807, 2.05) is 18.2 Å². The fourth-order valence-electron chi connectivity index (χ4n) is 3.42. The summed E-state index contributed by atoms with van der Waals surface area (Å²) in [6, 6.07) is 6.10. The molecule has 2 aliphatic heterocycles. The quantitative estimate of drug-likeness (QED) is 0.817. The summed E-state index contributed by atoms with van der Waals surface area (Å²) in [6.45, 7) is 7.59. The molecule has 0 radical (unpaired) electrons. The van der Waals surface area contributed by atoms with E-state index in [-0.39, 0.29) is 11.7 Å². The first-order chi connectivity index (χ1) is 10.8. The highest BCUT2D eigenvalue weighted by Crippen LogP contribution is 2.47. The Morgan fingerprint density at radius 2 is 2.27 bits per heavy atom. The van der Waals surface area contributed by atoms with Crippen molar-refractivity contribution < 1.29 is 14.2 Å². The van der Waals surface area contributed by atoms with Crippen LogP contribution >= 0.6 is 0 Å². The fraction of sp³-hybridized carbons (Fsp3) is 0.667. The fourth-order valence-corrected chi connectivity index (χ4v) is 3.42. The Morgan fingerprint density at radius 1 is 1.36 bits per heavy atom. The van der Waals surface area contributed by atoms with Crippen LogP contribution in [0.2, 0.25) is 0 Å². The summed E-state index contributed by atoms with van der Waals surface area (Å²) in [7, 11) is 0. The van der Waals surface area contributed by atoms with Crippen molar-refractivity contribution >= 4 is 0 Å². The van der Waals surface area contributed by atoms with E-state index in [0.717, 1.165) is 62.4 Å². The standard InChI is InChI=1S/C18H27NO3/c1-3-5-11-21-14-7-6-8-15-17(14)16(20-4-2)12-18(22-15)9-10-19-13-18/h6-8,16,19H,3-5,9-13H2,1-2H3. The molecule has 2 heterocycles. The molecular formula is C18H27NO3. The largest absolute Gasteiger partial charge is 0.493 e. The molecule has 0 aromatic heterocycles. The summed E-state index contributed by atoms with van der Waals surface area (Å²) in [6.07, 6.45) is 4.20. The van der Waals surface area contributed by atoms with Crippen molar-refractivity contribution in [2.24, 2.45) is 0 Å². The monoisotopic (exact) mass is 305 g/mol. The minimum Gasteiger partial charge on any atom is -0.493 e. The molecule has 2 unspecified atom stereocenters. The molecule has 4 heteroatoms. The van der Waals surface area contributed by atoms with E-state index in [9.17, 15) is 0 Å². The van der Waals surface area contributed by atoms with Gasteiger partial charge in [-0.3, -0.25) is 0 Å². The van der Waals surface area contributed by atoms with Gasteiger partial charge >= 0.3 is 0 Å². The molecule has 1 fully saturated rings. The lowest BCUT2D eigenvalue weighted by molar-refractivity contribution is -0.0368. The Kier molecular flexibility index (Phi) is 4.89.